The Labute approximate surface area is 195 Å². The van der Waals surface area contributed by atoms with Crippen molar-refractivity contribution in [2.45, 2.75) is 31.7 Å². The zero-order valence-electron chi connectivity index (χ0n) is 17.3. The number of benzene rings is 2. The molecule has 8 heteroatoms. The lowest BCUT2D eigenvalue weighted by Gasteiger charge is -2.39. The largest absolute Gasteiger partial charge is 0.440 e. The Bertz CT molecular complexity index is 1290. The van der Waals surface area contributed by atoms with E-state index in [1.165, 1.54) is 0 Å². The van der Waals surface area contributed by atoms with Crippen molar-refractivity contribution in [2.75, 3.05) is 11.4 Å². The van der Waals surface area contributed by atoms with Gasteiger partial charge in [-0.05, 0) is 56.2 Å². The normalized spacial score (nSPS) is 18.8. The molecule has 2 aromatic carbocycles. The fourth-order valence-electron chi connectivity index (χ4n) is 4.34. The number of carbonyl (C=O) groups is 1. The van der Waals surface area contributed by atoms with Crippen LogP contribution in [0.25, 0.3) is 22.5 Å². The highest BCUT2D eigenvalue weighted by atomic mass is 35.5. The molecule has 162 valence electrons. The third-order valence-corrected chi connectivity index (χ3v) is 6.39. The molecule has 32 heavy (non-hydrogen) atoms. The lowest BCUT2D eigenvalue weighted by molar-refractivity contribution is 0.112. The number of aldehydes is 1. The van der Waals surface area contributed by atoms with Gasteiger partial charge in [-0.25, -0.2) is 15.0 Å². The molecule has 0 aliphatic carbocycles. The van der Waals surface area contributed by atoms with Crippen molar-refractivity contribution in [3.63, 3.8) is 0 Å². The molecular weight excluding hydrogens is 447 g/mol. The van der Waals surface area contributed by atoms with Crippen LogP contribution in [0, 0.1) is 0 Å². The Morgan fingerprint density at radius 3 is 2.69 bits per heavy atom. The summed E-state index contributed by atoms with van der Waals surface area (Å²) in [6.07, 6.45) is 6.01. The van der Waals surface area contributed by atoms with E-state index in [-0.39, 0.29) is 12.0 Å². The molecule has 2 aromatic heterocycles. The first-order chi connectivity index (χ1) is 15.5. The van der Waals surface area contributed by atoms with Crippen LogP contribution in [0.3, 0.4) is 0 Å². The first-order valence-corrected chi connectivity index (χ1v) is 11.2. The van der Waals surface area contributed by atoms with Gasteiger partial charge in [0.25, 0.3) is 0 Å². The summed E-state index contributed by atoms with van der Waals surface area (Å²) in [6.45, 7) is 2.83. The van der Waals surface area contributed by atoms with Gasteiger partial charge in [-0.15, -0.1) is 0 Å². The van der Waals surface area contributed by atoms with E-state index in [0.717, 1.165) is 35.9 Å². The van der Waals surface area contributed by atoms with E-state index in [0.29, 0.717) is 39.4 Å². The van der Waals surface area contributed by atoms with Crippen LogP contribution >= 0.6 is 23.2 Å². The van der Waals surface area contributed by atoms with Gasteiger partial charge in [-0.1, -0.05) is 23.2 Å². The molecule has 0 bridgehead atoms. The average molecular weight is 467 g/mol. The predicted molar refractivity (Wildman–Crippen MR) is 126 cm³/mol. The molecule has 4 aromatic rings. The number of aromatic nitrogens is 3. The number of fused-ring (bicyclic) bond motifs is 1. The van der Waals surface area contributed by atoms with Crippen molar-refractivity contribution in [1.82, 2.24) is 15.0 Å². The van der Waals surface area contributed by atoms with E-state index in [2.05, 4.69) is 21.8 Å². The zero-order valence-corrected chi connectivity index (χ0v) is 18.8. The molecule has 0 amide bonds. The first-order valence-electron chi connectivity index (χ1n) is 10.4. The van der Waals surface area contributed by atoms with Gasteiger partial charge in [0.2, 0.25) is 0 Å². The molecule has 0 N–H and O–H groups in total. The molecule has 0 radical (unpaired) electrons. The number of anilines is 1. The minimum Gasteiger partial charge on any atom is -0.440 e. The summed E-state index contributed by atoms with van der Waals surface area (Å²) < 4.78 is 6.06. The highest BCUT2D eigenvalue weighted by Crippen LogP contribution is 2.40. The van der Waals surface area contributed by atoms with Crippen molar-refractivity contribution in [1.29, 1.82) is 0 Å². The number of halogens is 2. The number of hydrogen-bond acceptors (Lipinski definition) is 6. The van der Waals surface area contributed by atoms with E-state index in [1.54, 1.807) is 30.6 Å². The van der Waals surface area contributed by atoms with Crippen LogP contribution in [0.4, 0.5) is 5.69 Å². The number of piperidine rings is 1. The molecule has 1 aliphatic rings. The summed E-state index contributed by atoms with van der Waals surface area (Å²) in [5.41, 5.74) is 3.45. The number of hydrogen-bond donors (Lipinski definition) is 0. The molecule has 0 unspecified atom stereocenters. The summed E-state index contributed by atoms with van der Waals surface area (Å²) in [5, 5.41) is 1.12. The minimum atomic E-state index is 0.0839. The maximum absolute atomic E-state index is 11.9. The van der Waals surface area contributed by atoms with Crippen LogP contribution in [0.2, 0.25) is 10.0 Å². The van der Waals surface area contributed by atoms with Crippen molar-refractivity contribution in [3.8, 4) is 11.4 Å². The molecule has 0 spiro atoms. The minimum absolute atomic E-state index is 0.0839. The molecule has 2 atom stereocenters. The number of carbonyl (C=O) groups excluding carboxylic acids is 1. The molecule has 1 fully saturated rings. The van der Waals surface area contributed by atoms with E-state index in [4.69, 9.17) is 32.6 Å². The molecule has 1 saturated heterocycles. The second-order valence-electron chi connectivity index (χ2n) is 8.02. The second-order valence-corrected chi connectivity index (χ2v) is 8.89. The highest BCUT2D eigenvalue weighted by Gasteiger charge is 2.32. The van der Waals surface area contributed by atoms with Crippen molar-refractivity contribution >= 4 is 46.3 Å². The van der Waals surface area contributed by atoms with Gasteiger partial charge in [0, 0.05) is 40.6 Å². The topological polar surface area (TPSA) is 72.1 Å². The lowest BCUT2D eigenvalue weighted by Crippen LogP contribution is -2.41. The predicted octanol–water partition coefficient (Wildman–Crippen LogP) is 6.18. The third kappa shape index (κ3) is 3.85. The molecular formula is C24H20Cl2N4O2. The summed E-state index contributed by atoms with van der Waals surface area (Å²) in [7, 11) is 0. The zero-order chi connectivity index (χ0) is 22.2. The number of nitrogens with zero attached hydrogens (tertiary/aromatic N) is 4. The first kappa shape index (κ1) is 20.9. The van der Waals surface area contributed by atoms with Gasteiger partial charge >= 0.3 is 0 Å². The van der Waals surface area contributed by atoms with E-state index < -0.39 is 0 Å². The molecule has 1 aliphatic heterocycles. The summed E-state index contributed by atoms with van der Waals surface area (Å²) in [4.78, 5) is 27.7. The number of rotatable bonds is 4. The van der Waals surface area contributed by atoms with Gasteiger partial charge < -0.3 is 9.32 Å². The maximum Gasteiger partial charge on any atom is 0.200 e. The molecule has 6 nitrogen and oxygen atoms in total. The Balaban J connectivity index is 1.57. The van der Waals surface area contributed by atoms with E-state index in [1.807, 2.05) is 18.2 Å². The van der Waals surface area contributed by atoms with Gasteiger partial charge in [0.15, 0.2) is 23.6 Å². The smallest absolute Gasteiger partial charge is 0.200 e. The Hall–Kier alpha value is -2.96. The van der Waals surface area contributed by atoms with Gasteiger partial charge in [0.05, 0.1) is 17.2 Å². The monoisotopic (exact) mass is 466 g/mol. The van der Waals surface area contributed by atoms with Crippen LogP contribution in [-0.2, 0) is 0 Å². The summed E-state index contributed by atoms with van der Waals surface area (Å²) >= 11 is 12.5. The standard InChI is InChI=1S/C24H20Cl2N4O2/c1-14-3-4-15(24-29-19-10-17(25)5-6-21(19)32-24)12-30(14)20-11-18(26)9-16(13-31)22(20)23-27-7-2-8-28-23/h2,5-11,13-15H,3-4,12H2,1H3/t14-,15-/m1/s1. The summed E-state index contributed by atoms with van der Waals surface area (Å²) in [6, 6.07) is 11.0. The Morgan fingerprint density at radius 1 is 1.09 bits per heavy atom. The van der Waals surface area contributed by atoms with E-state index in [9.17, 15) is 4.79 Å². The SMILES string of the molecule is C[C@@H]1CC[C@@H](c2nc3cc(Cl)ccc3o2)CN1c1cc(Cl)cc(C=O)c1-c1ncccn1. The van der Waals surface area contributed by atoms with Gasteiger partial charge in [-0.2, -0.15) is 0 Å². The van der Waals surface area contributed by atoms with E-state index >= 15 is 0 Å². The molecule has 5 rings (SSSR count). The molecule has 3 heterocycles. The fourth-order valence-corrected chi connectivity index (χ4v) is 4.73. The quantitative estimate of drug-likeness (QED) is 0.334. The van der Waals surface area contributed by atoms with Gasteiger partial charge in [0.1, 0.15) is 5.52 Å². The van der Waals surface area contributed by atoms with Crippen molar-refractivity contribution in [2.24, 2.45) is 0 Å². The second kappa shape index (κ2) is 8.52. The Morgan fingerprint density at radius 2 is 1.91 bits per heavy atom. The van der Waals surface area contributed by atoms with Crippen LogP contribution in [0.1, 0.15) is 41.9 Å². The van der Waals surface area contributed by atoms with Crippen LogP contribution < -0.4 is 4.90 Å². The van der Waals surface area contributed by atoms with Crippen LogP contribution in [-0.4, -0.2) is 33.8 Å². The lowest BCUT2D eigenvalue weighted by atomic mass is 9.91. The number of oxazole rings is 1. The van der Waals surface area contributed by atoms with Crippen LogP contribution in [0.15, 0.2) is 53.2 Å². The van der Waals surface area contributed by atoms with Crippen molar-refractivity contribution < 1.29 is 9.21 Å². The average Bonchev–Trinajstić information content (AvgIpc) is 3.22. The Kier molecular flexibility index (Phi) is 5.57. The fraction of sp³-hybridized carbons (Fsp3) is 0.250. The third-order valence-electron chi connectivity index (χ3n) is 5.94. The van der Waals surface area contributed by atoms with Crippen LogP contribution in [0.5, 0.6) is 0 Å². The van der Waals surface area contributed by atoms with Crippen molar-refractivity contribution in [3.05, 3.63) is 70.3 Å². The maximum atomic E-state index is 11.9. The van der Waals surface area contributed by atoms with Gasteiger partial charge in [-0.3, -0.25) is 4.79 Å². The highest BCUT2D eigenvalue weighted by molar-refractivity contribution is 6.31. The molecule has 0 saturated carbocycles. The summed E-state index contributed by atoms with van der Waals surface area (Å²) in [5.74, 6) is 1.27.